The van der Waals surface area contributed by atoms with Crippen LogP contribution in [0.25, 0.3) is 0 Å². The van der Waals surface area contributed by atoms with Gasteiger partial charge in [0.1, 0.15) is 4.88 Å². The van der Waals surface area contributed by atoms with Gasteiger partial charge >= 0.3 is 5.97 Å². The maximum atomic E-state index is 12.2. The number of carbonyl (C=O) groups excluding carboxylic acids is 2. The number of hydrogen-bond donors (Lipinski definition) is 1. The topological polar surface area (TPSA) is 79.2 Å². The lowest BCUT2D eigenvalue weighted by molar-refractivity contribution is -0.119. The molecule has 1 aliphatic rings. The van der Waals surface area contributed by atoms with Crippen molar-refractivity contribution < 1.29 is 14.3 Å². The number of fused-ring (bicyclic) bond motifs is 1. The summed E-state index contributed by atoms with van der Waals surface area (Å²) < 4.78 is 5.12. The summed E-state index contributed by atoms with van der Waals surface area (Å²) in [6, 6.07) is 10.4. The van der Waals surface area contributed by atoms with Crippen LogP contribution < -0.4 is 5.32 Å². The number of aryl methyl sites for hydroxylation is 2. The highest BCUT2D eigenvalue weighted by molar-refractivity contribution is 7.14. The SMILES string of the molecule is N#Cc1ccc(NC(=O)COC(=O)c2cc3c(s2)CCCCC3)cc1. The highest BCUT2D eigenvalue weighted by Gasteiger charge is 2.18. The van der Waals surface area contributed by atoms with Gasteiger partial charge < -0.3 is 10.1 Å². The number of thiophene rings is 1. The van der Waals surface area contributed by atoms with Crippen LogP contribution >= 0.6 is 11.3 Å². The Balaban J connectivity index is 1.53. The second kappa shape index (κ2) is 7.95. The monoisotopic (exact) mass is 354 g/mol. The average molecular weight is 354 g/mol. The predicted molar refractivity (Wildman–Crippen MR) is 95.6 cm³/mol. The van der Waals surface area contributed by atoms with Crippen molar-refractivity contribution in [1.29, 1.82) is 5.26 Å². The molecule has 0 radical (unpaired) electrons. The van der Waals surface area contributed by atoms with Crippen LogP contribution in [0.15, 0.2) is 30.3 Å². The van der Waals surface area contributed by atoms with Crippen LogP contribution in [-0.4, -0.2) is 18.5 Å². The molecule has 0 aliphatic heterocycles. The van der Waals surface area contributed by atoms with E-state index in [0.29, 0.717) is 16.1 Å². The molecule has 5 nitrogen and oxygen atoms in total. The number of hydrogen-bond acceptors (Lipinski definition) is 5. The van der Waals surface area contributed by atoms with Gasteiger partial charge in [0.05, 0.1) is 11.6 Å². The Morgan fingerprint density at radius 3 is 2.68 bits per heavy atom. The first-order valence-corrected chi connectivity index (χ1v) is 9.06. The number of esters is 1. The van der Waals surface area contributed by atoms with Gasteiger partial charge in [-0.05, 0) is 61.6 Å². The molecular weight excluding hydrogens is 336 g/mol. The Morgan fingerprint density at radius 1 is 1.16 bits per heavy atom. The Hall–Kier alpha value is -2.65. The normalized spacial score (nSPS) is 13.2. The van der Waals surface area contributed by atoms with Crippen molar-refractivity contribution >= 4 is 28.9 Å². The average Bonchev–Trinajstić information content (AvgIpc) is 2.91. The second-order valence-electron chi connectivity index (χ2n) is 5.93. The first-order chi connectivity index (χ1) is 12.2. The summed E-state index contributed by atoms with van der Waals surface area (Å²) in [4.78, 5) is 25.9. The highest BCUT2D eigenvalue weighted by atomic mass is 32.1. The van der Waals surface area contributed by atoms with Gasteiger partial charge in [-0.3, -0.25) is 4.79 Å². The number of amides is 1. The highest BCUT2D eigenvalue weighted by Crippen LogP contribution is 2.29. The number of rotatable bonds is 4. The van der Waals surface area contributed by atoms with Crippen LogP contribution in [-0.2, 0) is 22.4 Å². The number of nitrogens with zero attached hydrogens (tertiary/aromatic N) is 1. The molecule has 0 saturated heterocycles. The number of carbonyl (C=O) groups is 2. The first-order valence-electron chi connectivity index (χ1n) is 8.24. The van der Waals surface area contributed by atoms with E-state index in [9.17, 15) is 9.59 Å². The summed E-state index contributed by atoms with van der Waals surface area (Å²) in [7, 11) is 0. The second-order valence-corrected chi connectivity index (χ2v) is 7.07. The largest absolute Gasteiger partial charge is 0.451 e. The molecule has 1 aromatic carbocycles. The third-order valence-electron chi connectivity index (χ3n) is 4.08. The zero-order valence-electron chi connectivity index (χ0n) is 13.7. The molecule has 0 bridgehead atoms. The number of anilines is 1. The fourth-order valence-corrected chi connectivity index (χ4v) is 3.94. The van der Waals surface area contributed by atoms with E-state index in [0.717, 1.165) is 25.7 Å². The zero-order chi connectivity index (χ0) is 17.6. The van der Waals surface area contributed by atoms with Crippen molar-refractivity contribution in [3.05, 3.63) is 51.2 Å². The van der Waals surface area contributed by atoms with Crippen molar-refractivity contribution in [3.63, 3.8) is 0 Å². The van der Waals surface area contributed by atoms with Gasteiger partial charge in [0, 0.05) is 10.6 Å². The Bertz CT molecular complexity index is 795. The van der Waals surface area contributed by atoms with Gasteiger partial charge in [0.25, 0.3) is 5.91 Å². The molecule has 1 heterocycles. The maximum Gasteiger partial charge on any atom is 0.348 e. The van der Waals surface area contributed by atoms with Gasteiger partial charge in [-0.1, -0.05) is 6.42 Å². The number of benzene rings is 1. The lowest BCUT2D eigenvalue weighted by atomic mass is 10.1. The molecule has 128 valence electrons. The lowest BCUT2D eigenvalue weighted by Gasteiger charge is -2.06. The van der Waals surface area contributed by atoms with E-state index in [4.69, 9.17) is 10.00 Å². The molecule has 3 rings (SSSR count). The Kier molecular flexibility index (Phi) is 5.46. The number of ether oxygens (including phenoxy) is 1. The van der Waals surface area contributed by atoms with E-state index < -0.39 is 11.9 Å². The molecule has 1 aliphatic carbocycles. The van der Waals surface area contributed by atoms with Crippen molar-refractivity contribution in [3.8, 4) is 6.07 Å². The maximum absolute atomic E-state index is 12.2. The molecule has 1 aromatic heterocycles. The number of nitrogens with one attached hydrogen (secondary N) is 1. The van der Waals surface area contributed by atoms with Gasteiger partial charge in [-0.2, -0.15) is 5.26 Å². The standard InChI is InChI=1S/C19H18N2O3S/c20-11-13-6-8-15(9-7-13)21-18(22)12-24-19(23)17-10-14-4-2-1-3-5-16(14)25-17/h6-10H,1-5,12H2,(H,21,22). The molecule has 2 aromatic rings. The minimum atomic E-state index is -0.451. The summed E-state index contributed by atoms with van der Waals surface area (Å²) in [5.74, 6) is -0.857. The van der Waals surface area contributed by atoms with E-state index in [1.54, 1.807) is 24.3 Å². The van der Waals surface area contributed by atoms with Crippen molar-refractivity contribution in [1.82, 2.24) is 0 Å². The van der Waals surface area contributed by atoms with Gasteiger partial charge in [-0.25, -0.2) is 4.79 Å². The molecule has 0 spiro atoms. The molecule has 0 fully saturated rings. The van der Waals surface area contributed by atoms with Crippen LogP contribution in [0.4, 0.5) is 5.69 Å². The summed E-state index contributed by atoms with van der Waals surface area (Å²) >= 11 is 1.48. The molecule has 0 unspecified atom stereocenters. The smallest absolute Gasteiger partial charge is 0.348 e. The van der Waals surface area contributed by atoms with Gasteiger partial charge in [0.2, 0.25) is 0 Å². The molecule has 25 heavy (non-hydrogen) atoms. The van der Waals surface area contributed by atoms with Crippen molar-refractivity contribution in [2.75, 3.05) is 11.9 Å². The van der Waals surface area contributed by atoms with E-state index in [1.165, 1.54) is 28.2 Å². The van der Waals surface area contributed by atoms with Crippen LogP contribution in [0.1, 0.15) is 44.9 Å². The molecule has 0 atom stereocenters. The van der Waals surface area contributed by atoms with E-state index >= 15 is 0 Å². The first kappa shape index (κ1) is 17.2. The quantitative estimate of drug-likeness (QED) is 0.671. The van der Waals surface area contributed by atoms with Gasteiger partial charge in [0.15, 0.2) is 6.61 Å². The Labute approximate surface area is 150 Å². The number of nitriles is 1. The summed E-state index contributed by atoms with van der Waals surface area (Å²) in [5.41, 5.74) is 2.32. The van der Waals surface area contributed by atoms with Crippen molar-refractivity contribution in [2.45, 2.75) is 32.1 Å². The van der Waals surface area contributed by atoms with Crippen LogP contribution in [0.2, 0.25) is 0 Å². The molecule has 6 heteroatoms. The van der Waals surface area contributed by atoms with E-state index in [1.807, 2.05) is 12.1 Å². The summed E-state index contributed by atoms with van der Waals surface area (Å²) in [6.45, 7) is -0.332. The van der Waals surface area contributed by atoms with Crippen LogP contribution in [0.5, 0.6) is 0 Å². The fourth-order valence-electron chi connectivity index (χ4n) is 2.80. The fraction of sp³-hybridized carbons (Fsp3) is 0.316. The zero-order valence-corrected chi connectivity index (χ0v) is 14.5. The van der Waals surface area contributed by atoms with Crippen LogP contribution in [0, 0.1) is 11.3 Å². The third-order valence-corrected chi connectivity index (χ3v) is 5.30. The predicted octanol–water partition coefficient (Wildman–Crippen LogP) is 3.68. The summed E-state index contributed by atoms with van der Waals surface area (Å²) in [5, 5.41) is 11.4. The summed E-state index contributed by atoms with van der Waals surface area (Å²) in [6.07, 6.45) is 5.58. The Morgan fingerprint density at radius 2 is 1.92 bits per heavy atom. The third kappa shape index (κ3) is 4.46. The minimum Gasteiger partial charge on any atom is -0.451 e. The van der Waals surface area contributed by atoms with Crippen molar-refractivity contribution in [2.24, 2.45) is 0 Å². The molecular formula is C19H18N2O3S. The molecule has 1 amide bonds. The van der Waals surface area contributed by atoms with Crippen LogP contribution in [0.3, 0.4) is 0 Å². The lowest BCUT2D eigenvalue weighted by Crippen LogP contribution is -2.20. The van der Waals surface area contributed by atoms with E-state index in [2.05, 4.69) is 5.32 Å². The van der Waals surface area contributed by atoms with E-state index in [-0.39, 0.29) is 6.61 Å². The van der Waals surface area contributed by atoms with Gasteiger partial charge in [-0.15, -0.1) is 11.3 Å². The molecule has 0 saturated carbocycles. The minimum absolute atomic E-state index is 0.332. The molecule has 1 N–H and O–H groups in total.